The Hall–Kier alpha value is -0.160. The van der Waals surface area contributed by atoms with Crippen molar-refractivity contribution < 1.29 is 15.8 Å². The van der Waals surface area contributed by atoms with Crippen LogP contribution in [0.15, 0.2) is 0 Å². The van der Waals surface area contributed by atoms with Gasteiger partial charge in [-0.3, -0.25) is 5.48 Å². The molecule has 0 saturated heterocycles. The molecule has 0 bridgehead atoms. The molecule has 0 aromatic carbocycles. The van der Waals surface area contributed by atoms with Gasteiger partial charge in [0.25, 0.3) is 0 Å². The van der Waals surface area contributed by atoms with Crippen molar-refractivity contribution in [3.63, 3.8) is 0 Å². The van der Waals surface area contributed by atoms with Gasteiger partial charge < -0.3 is 5.21 Å². The monoisotopic (exact) mass is 93.0 g/mol. The van der Waals surface area contributed by atoms with Gasteiger partial charge in [0, 0.05) is 6.54 Å². The van der Waals surface area contributed by atoms with E-state index in [2.05, 4.69) is 0 Å². The van der Waals surface area contributed by atoms with E-state index in [9.17, 15) is 5.11 Å². The standard InChI is InChI=1S/C2H6NO2.HO/c4-2-1-3-5;/h3,5H,1-2H2;1H. The molecule has 0 aliphatic rings. The number of hydroxylamine groups is 1. The SMILES string of the molecule is [OH].[O]CCNO. The zero-order chi connectivity index (χ0) is 4.12. The number of hydrogen-bond donors (Lipinski definition) is 3. The molecule has 2 radical (unpaired) electrons. The van der Waals surface area contributed by atoms with Gasteiger partial charge in [-0.25, -0.2) is 10.6 Å². The highest BCUT2D eigenvalue weighted by Gasteiger charge is 1.69. The van der Waals surface area contributed by atoms with Gasteiger partial charge in [0.05, 0.1) is 6.61 Å². The summed E-state index contributed by atoms with van der Waals surface area (Å²) in [7, 11) is 0. The molecule has 6 heavy (non-hydrogen) atoms. The summed E-state index contributed by atoms with van der Waals surface area (Å²) in [5.41, 5.74) is 1.70. The minimum absolute atomic E-state index is 0. The van der Waals surface area contributed by atoms with Crippen LogP contribution in [0.1, 0.15) is 0 Å². The number of nitrogens with one attached hydrogen (secondary N) is 1. The molecular weight excluding hydrogens is 86.0 g/mol. The van der Waals surface area contributed by atoms with E-state index < -0.39 is 0 Å². The van der Waals surface area contributed by atoms with Gasteiger partial charge in [0.1, 0.15) is 0 Å². The van der Waals surface area contributed by atoms with Gasteiger partial charge in [-0.1, -0.05) is 0 Å². The van der Waals surface area contributed by atoms with E-state index >= 15 is 0 Å². The molecule has 0 rings (SSSR count). The molecule has 0 aliphatic carbocycles. The number of rotatable bonds is 2. The molecule has 0 atom stereocenters. The van der Waals surface area contributed by atoms with Crippen LogP contribution in [0.5, 0.6) is 0 Å². The minimum atomic E-state index is -0.267. The molecule has 4 nitrogen and oxygen atoms in total. The minimum Gasteiger partial charge on any atom is -0.317 e. The Balaban J connectivity index is 0. The molecule has 4 heteroatoms. The highest BCUT2D eigenvalue weighted by molar-refractivity contribution is 4.20. The summed E-state index contributed by atoms with van der Waals surface area (Å²) in [6, 6.07) is 0. The zero-order valence-corrected chi connectivity index (χ0v) is 3.22. The van der Waals surface area contributed by atoms with Gasteiger partial charge in [-0.05, 0) is 0 Å². The predicted octanol–water partition coefficient (Wildman–Crippen LogP) is -0.781. The van der Waals surface area contributed by atoms with E-state index in [-0.39, 0.29) is 18.6 Å². The van der Waals surface area contributed by atoms with E-state index in [0.29, 0.717) is 0 Å². The first-order chi connectivity index (χ1) is 2.41. The first-order valence-electron chi connectivity index (χ1n) is 1.37. The molecule has 0 heterocycles. The van der Waals surface area contributed by atoms with Crippen molar-refractivity contribution >= 4 is 0 Å². The first kappa shape index (κ1) is 9.28. The molecular formula is C2H7NO3. The summed E-state index contributed by atoms with van der Waals surface area (Å²) in [4.78, 5) is 0. The van der Waals surface area contributed by atoms with E-state index in [1.807, 2.05) is 0 Å². The summed E-state index contributed by atoms with van der Waals surface area (Å²) in [5.74, 6) is 0. The van der Waals surface area contributed by atoms with E-state index in [1.165, 1.54) is 0 Å². The Labute approximate surface area is 35.7 Å². The van der Waals surface area contributed by atoms with Gasteiger partial charge in [-0.2, -0.15) is 0 Å². The Bertz CT molecular complexity index is 16.3. The maximum absolute atomic E-state index is 9.31. The van der Waals surface area contributed by atoms with Crippen LogP contribution in [-0.4, -0.2) is 23.8 Å². The van der Waals surface area contributed by atoms with Crippen molar-refractivity contribution in [3.05, 3.63) is 0 Å². The molecule has 0 unspecified atom stereocenters. The lowest BCUT2D eigenvalue weighted by molar-refractivity contribution is 0.113. The lowest BCUT2D eigenvalue weighted by Gasteiger charge is -1.81. The number of hydrogen-bond acceptors (Lipinski definition) is 2. The predicted molar refractivity (Wildman–Crippen MR) is 17.3 cm³/mol. The molecule has 0 aromatic heterocycles. The van der Waals surface area contributed by atoms with Gasteiger partial charge >= 0.3 is 0 Å². The Morgan fingerprint density at radius 1 is 1.67 bits per heavy atom. The fraction of sp³-hybridized carbons (Fsp3) is 1.00. The second-order valence-electron chi connectivity index (χ2n) is 0.612. The average Bonchev–Trinajstić information content (AvgIpc) is 1.41. The molecule has 0 spiro atoms. The van der Waals surface area contributed by atoms with E-state index in [4.69, 9.17) is 5.21 Å². The van der Waals surface area contributed by atoms with Crippen molar-refractivity contribution in [2.75, 3.05) is 13.2 Å². The van der Waals surface area contributed by atoms with Crippen molar-refractivity contribution in [2.45, 2.75) is 0 Å². The van der Waals surface area contributed by atoms with Crippen LogP contribution in [0.2, 0.25) is 0 Å². The van der Waals surface area contributed by atoms with Crippen molar-refractivity contribution in [3.8, 4) is 0 Å². The van der Waals surface area contributed by atoms with Crippen LogP contribution in [0.3, 0.4) is 0 Å². The fourth-order valence-electron chi connectivity index (χ4n) is 0.0456. The average molecular weight is 93.1 g/mol. The van der Waals surface area contributed by atoms with Crippen LogP contribution < -0.4 is 5.48 Å². The second-order valence-corrected chi connectivity index (χ2v) is 0.612. The molecule has 38 valence electrons. The third-order valence-electron chi connectivity index (χ3n) is 0.214. The Kier molecular flexibility index (Phi) is 13.7. The van der Waals surface area contributed by atoms with Gasteiger partial charge in [0.15, 0.2) is 0 Å². The smallest absolute Gasteiger partial charge is 0.0969 e. The lowest BCUT2D eigenvalue weighted by Crippen LogP contribution is -2.10. The molecule has 0 amide bonds. The Morgan fingerprint density at radius 3 is 2.17 bits per heavy atom. The van der Waals surface area contributed by atoms with Crippen molar-refractivity contribution in [1.82, 2.24) is 5.48 Å². The largest absolute Gasteiger partial charge is 0.317 e. The molecule has 0 saturated carbocycles. The van der Waals surface area contributed by atoms with Crippen LogP contribution in [0.25, 0.3) is 0 Å². The molecule has 0 fully saturated rings. The van der Waals surface area contributed by atoms with E-state index in [1.54, 1.807) is 5.48 Å². The second kappa shape index (κ2) is 8.85. The Morgan fingerprint density at radius 2 is 2.17 bits per heavy atom. The van der Waals surface area contributed by atoms with E-state index in [0.717, 1.165) is 0 Å². The van der Waals surface area contributed by atoms with Crippen molar-refractivity contribution in [2.24, 2.45) is 0 Å². The van der Waals surface area contributed by atoms with Crippen LogP contribution in [0.4, 0.5) is 0 Å². The normalized spacial score (nSPS) is 7.00. The van der Waals surface area contributed by atoms with Gasteiger partial charge in [-0.15, -0.1) is 0 Å². The maximum atomic E-state index is 9.31. The molecule has 3 N–H and O–H groups in total. The summed E-state index contributed by atoms with van der Waals surface area (Å²) in [6.45, 7) is -0.128. The third-order valence-corrected chi connectivity index (χ3v) is 0.214. The third kappa shape index (κ3) is 9.15. The summed E-state index contributed by atoms with van der Waals surface area (Å²) in [6.07, 6.45) is 0. The highest BCUT2D eigenvalue weighted by atomic mass is 16.5. The van der Waals surface area contributed by atoms with Crippen molar-refractivity contribution in [1.29, 1.82) is 0 Å². The summed E-state index contributed by atoms with van der Waals surface area (Å²) < 4.78 is 0. The fourth-order valence-corrected chi connectivity index (χ4v) is 0.0456. The zero-order valence-electron chi connectivity index (χ0n) is 3.22. The summed E-state index contributed by atoms with van der Waals surface area (Å²) >= 11 is 0. The van der Waals surface area contributed by atoms with Crippen LogP contribution in [0, 0.1) is 0 Å². The van der Waals surface area contributed by atoms with Crippen LogP contribution >= 0.6 is 0 Å². The van der Waals surface area contributed by atoms with Gasteiger partial charge in [0.2, 0.25) is 0 Å². The quantitative estimate of drug-likeness (QED) is 0.391. The summed E-state index contributed by atoms with van der Waals surface area (Å²) in [5, 5.41) is 16.9. The molecule has 0 aromatic rings. The lowest BCUT2D eigenvalue weighted by atomic mass is 10.8. The highest BCUT2D eigenvalue weighted by Crippen LogP contribution is 1.44. The first-order valence-corrected chi connectivity index (χ1v) is 1.37. The molecule has 0 aliphatic heterocycles. The maximum Gasteiger partial charge on any atom is 0.0969 e. The topological polar surface area (TPSA) is 82.2 Å². The van der Waals surface area contributed by atoms with Crippen LogP contribution in [-0.2, 0) is 5.11 Å².